The van der Waals surface area contributed by atoms with Crippen LogP contribution in [0.15, 0.2) is 29.2 Å². The van der Waals surface area contributed by atoms with Gasteiger partial charge in [0, 0.05) is 18.5 Å². The largest absolute Gasteiger partial charge is 0.446 e. The maximum Gasteiger partial charge on any atom is 0.410 e. The van der Waals surface area contributed by atoms with Crippen LogP contribution in [-0.4, -0.2) is 84.5 Å². The summed E-state index contributed by atoms with van der Waals surface area (Å²) in [5.74, 6) is -3.13. The lowest BCUT2D eigenvalue weighted by Gasteiger charge is -2.30. The van der Waals surface area contributed by atoms with Gasteiger partial charge in [-0.15, -0.1) is 11.3 Å². The van der Waals surface area contributed by atoms with E-state index in [0.29, 0.717) is 30.4 Å². The normalized spacial score (nSPS) is 27.3. The number of carbonyl (C=O) groups excluding carboxylic acids is 5. The Morgan fingerprint density at radius 1 is 0.946 bits per heavy atom. The Kier molecular flexibility index (Phi) is 12.1. The van der Waals surface area contributed by atoms with E-state index in [1.807, 2.05) is 0 Å². The molecule has 3 aliphatic heterocycles. The molecule has 1 aromatic carbocycles. The van der Waals surface area contributed by atoms with Crippen molar-refractivity contribution in [3.63, 3.8) is 0 Å². The van der Waals surface area contributed by atoms with Gasteiger partial charge in [-0.2, -0.15) is 0 Å². The van der Waals surface area contributed by atoms with E-state index in [0.717, 1.165) is 62.3 Å². The topological polar surface area (TPSA) is 181 Å². The second-order valence-electron chi connectivity index (χ2n) is 15.3. The van der Waals surface area contributed by atoms with E-state index in [-0.39, 0.29) is 58.6 Å². The number of hydrogen-bond donors (Lipinski definition) is 3. The maximum absolute atomic E-state index is 14.5. The predicted molar refractivity (Wildman–Crippen MR) is 203 cm³/mol. The molecule has 0 bridgehead atoms. The van der Waals surface area contributed by atoms with E-state index < -0.39 is 75.4 Å². The van der Waals surface area contributed by atoms with Gasteiger partial charge in [-0.05, 0) is 68.6 Å². The quantitative estimate of drug-likeness (QED) is 0.325. The Hall–Kier alpha value is -3.67. The number of alkyl carbamates (subject to hydrolysis) is 1. The molecule has 7 rings (SSSR count). The molecule has 19 heteroatoms. The molecule has 4 heterocycles. The molecule has 0 spiro atoms. The molecule has 3 N–H and O–H groups in total. The Morgan fingerprint density at radius 2 is 1.66 bits per heavy atom. The SMILES string of the molecule is O=C(N[C@H]1CCCCCCC[C@@H]2C[C@@]2(C(=O)NS(=O)(=O)c2cc(Cl)sc2Cl)NC(=O)[C@@H]2CC(OC(=O)N3Cc4cccc(F)c4C3)CN2C1=O)OC1CCCC1. The zero-order valence-electron chi connectivity index (χ0n) is 30.5. The first-order chi connectivity index (χ1) is 26.7. The van der Waals surface area contributed by atoms with E-state index >= 15 is 0 Å². The first-order valence-corrected chi connectivity index (χ1v) is 22.1. The molecule has 56 heavy (non-hydrogen) atoms. The van der Waals surface area contributed by atoms with Crippen LogP contribution in [0, 0.1) is 11.7 Å². The van der Waals surface area contributed by atoms with E-state index in [1.54, 1.807) is 12.1 Å². The van der Waals surface area contributed by atoms with Crippen molar-refractivity contribution in [2.24, 2.45) is 5.92 Å². The van der Waals surface area contributed by atoms with Crippen LogP contribution in [0.1, 0.15) is 94.6 Å². The van der Waals surface area contributed by atoms with Crippen LogP contribution in [0.25, 0.3) is 0 Å². The molecule has 2 aliphatic carbocycles. The fourth-order valence-electron chi connectivity index (χ4n) is 8.41. The summed E-state index contributed by atoms with van der Waals surface area (Å²) >= 11 is 12.9. The van der Waals surface area contributed by atoms with Gasteiger partial charge in [0.1, 0.15) is 44.9 Å². The molecule has 5 aliphatic rings. The summed E-state index contributed by atoms with van der Waals surface area (Å²) in [4.78, 5) is 71.5. The van der Waals surface area contributed by atoms with E-state index in [2.05, 4.69) is 15.4 Å². The minimum Gasteiger partial charge on any atom is -0.446 e. The van der Waals surface area contributed by atoms with Crippen LogP contribution in [-0.2, 0) is 47.0 Å². The number of hydrogen-bond acceptors (Lipinski definition) is 10. The number of sulfonamides is 1. The zero-order valence-corrected chi connectivity index (χ0v) is 33.7. The summed E-state index contributed by atoms with van der Waals surface area (Å²) in [6, 6.07) is 3.40. The minimum absolute atomic E-state index is 0.0139. The number of fused-ring (bicyclic) bond motifs is 3. The second kappa shape index (κ2) is 16.7. The van der Waals surface area contributed by atoms with Crippen molar-refractivity contribution in [1.29, 1.82) is 0 Å². The monoisotopic (exact) mass is 855 g/mol. The fraction of sp³-hybridized carbons (Fsp3) is 0.595. The van der Waals surface area contributed by atoms with Gasteiger partial charge in [0.05, 0.1) is 17.4 Å². The Labute approximate surface area is 338 Å². The third-order valence-electron chi connectivity index (χ3n) is 11.5. The predicted octanol–water partition coefficient (Wildman–Crippen LogP) is 5.78. The summed E-state index contributed by atoms with van der Waals surface area (Å²) in [6.07, 6.45) is 5.08. The summed E-state index contributed by atoms with van der Waals surface area (Å²) < 4.78 is 54.6. The number of nitrogens with one attached hydrogen (secondary N) is 3. The molecule has 0 radical (unpaired) electrons. The van der Waals surface area contributed by atoms with Crippen LogP contribution in [0.4, 0.5) is 14.0 Å². The first kappa shape index (κ1) is 40.5. The number of benzene rings is 1. The molecule has 1 aromatic heterocycles. The number of rotatable bonds is 6. The molecule has 14 nitrogen and oxygen atoms in total. The van der Waals surface area contributed by atoms with Crippen molar-refractivity contribution >= 4 is 74.5 Å². The summed E-state index contributed by atoms with van der Waals surface area (Å²) in [5.41, 5.74) is -0.595. The Balaban J connectivity index is 1.13. The standard InChI is InChI=1S/C37H44Cl2FN5O9S2/c38-30-16-29(31(39)55-30)56(51,52)43-34(48)37-17-22(37)10-4-2-1-3-5-14-27(41-35(49)53-23-11-6-7-12-23)33(47)45-19-24(15-28(45)32(46)42-37)54-36(50)44-18-21-9-8-13-26(40)25(21)20-44/h8-9,13,16,22-24,27-28H,1-7,10-12,14-15,17-20H2,(H,41,49)(H,42,46)(H,43,48)/t22-,24?,27+,28+,37-/m1/s1. The lowest BCUT2D eigenvalue weighted by Crippen LogP contribution is -2.58. The smallest absolute Gasteiger partial charge is 0.410 e. The van der Waals surface area contributed by atoms with Crippen molar-refractivity contribution in [1.82, 2.24) is 25.2 Å². The highest BCUT2D eigenvalue weighted by atomic mass is 35.5. The third kappa shape index (κ3) is 8.75. The Morgan fingerprint density at radius 3 is 2.38 bits per heavy atom. The molecule has 1 unspecified atom stereocenters. The molecule has 304 valence electrons. The highest BCUT2D eigenvalue weighted by Crippen LogP contribution is 2.48. The van der Waals surface area contributed by atoms with Crippen LogP contribution in [0.2, 0.25) is 8.67 Å². The van der Waals surface area contributed by atoms with Crippen molar-refractivity contribution in [3.8, 4) is 0 Å². The fourth-order valence-corrected chi connectivity index (χ4v) is 11.6. The molecule has 5 atom stereocenters. The summed E-state index contributed by atoms with van der Waals surface area (Å²) in [7, 11) is -4.48. The molecule has 2 saturated carbocycles. The number of thiophene rings is 1. The molecule has 2 aromatic rings. The average Bonchev–Trinajstić information content (AvgIpc) is 3.70. The van der Waals surface area contributed by atoms with Crippen LogP contribution < -0.4 is 15.4 Å². The van der Waals surface area contributed by atoms with E-state index in [9.17, 15) is 36.8 Å². The summed E-state index contributed by atoms with van der Waals surface area (Å²) in [5, 5.41) is 5.54. The van der Waals surface area contributed by atoms with E-state index in [1.165, 1.54) is 15.9 Å². The van der Waals surface area contributed by atoms with E-state index in [4.69, 9.17) is 32.7 Å². The molecular formula is C37H44Cl2FN5O9S2. The number of amides is 5. The van der Waals surface area contributed by atoms with Crippen LogP contribution in [0.5, 0.6) is 0 Å². The van der Waals surface area contributed by atoms with Gasteiger partial charge in [0.2, 0.25) is 11.8 Å². The zero-order chi connectivity index (χ0) is 39.8. The van der Waals surface area contributed by atoms with Gasteiger partial charge in [-0.1, -0.05) is 67.4 Å². The maximum atomic E-state index is 14.5. The number of carbonyl (C=O) groups is 5. The van der Waals surface area contributed by atoms with Gasteiger partial charge >= 0.3 is 12.2 Å². The minimum atomic E-state index is -4.48. The van der Waals surface area contributed by atoms with Crippen LogP contribution in [0.3, 0.4) is 0 Å². The highest BCUT2D eigenvalue weighted by Gasteiger charge is 2.62. The lowest BCUT2D eigenvalue weighted by molar-refractivity contribution is -0.141. The molecule has 5 amide bonds. The summed E-state index contributed by atoms with van der Waals surface area (Å²) in [6.45, 7) is -0.104. The van der Waals surface area contributed by atoms with Gasteiger partial charge in [-0.25, -0.2) is 27.1 Å². The van der Waals surface area contributed by atoms with Crippen molar-refractivity contribution < 1.29 is 46.3 Å². The van der Waals surface area contributed by atoms with Crippen molar-refractivity contribution in [3.05, 3.63) is 49.9 Å². The number of halogens is 3. The number of nitrogens with zero attached hydrogens (tertiary/aromatic N) is 2. The molecule has 2 saturated heterocycles. The highest BCUT2D eigenvalue weighted by molar-refractivity contribution is 7.90. The van der Waals surface area contributed by atoms with Gasteiger partial charge in [0.15, 0.2) is 0 Å². The van der Waals surface area contributed by atoms with Crippen molar-refractivity contribution in [2.75, 3.05) is 6.54 Å². The third-order valence-corrected chi connectivity index (χ3v) is 14.6. The van der Waals surface area contributed by atoms with Gasteiger partial charge < -0.3 is 25.0 Å². The van der Waals surface area contributed by atoms with Gasteiger partial charge in [0.25, 0.3) is 15.9 Å². The second-order valence-corrected chi connectivity index (χ2v) is 19.3. The average molecular weight is 857 g/mol. The number of ether oxygens (including phenoxy) is 2. The first-order valence-electron chi connectivity index (χ1n) is 19.1. The van der Waals surface area contributed by atoms with Crippen LogP contribution >= 0.6 is 34.5 Å². The lowest BCUT2D eigenvalue weighted by atomic mass is 10.0. The van der Waals surface area contributed by atoms with Gasteiger partial charge in [-0.3, -0.25) is 19.3 Å². The van der Waals surface area contributed by atoms with Crippen molar-refractivity contribution in [2.45, 2.75) is 131 Å². The molecular weight excluding hydrogens is 812 g/mol. The molecule has 4 fully saturated rings. The Bertz CT molecular complexity index is 2000.